The maximum atomic E-state index is 12.7. The van der Waals surface area contributed by atoms with Crippen LogP contribution in [0.5, 0.6) is 0 Å². The molecule has 0 radical (unpaired) electrons. The number of carbonyl (C=O) groups excluding carboxylic acids is 1. The Morgan fingerprint density at radius 2 is 2.13 bits per heavy atom. The molecule has 3 heteroatoms. The molecule has 124 valence electrons. The molecule has 0 aromatic heterocycles. The molecule has 1 fully saturated rings. The normalized spacial score (nSPS) is 31.9. The van der Waals surface area contributed by atoms with Gasteiger partial charge in [0.2, 0.25) is 0 Å². The van der Waals surface area contributed by atoms with Crippen molar-refractivity contribution in [2.45, 2.75) is 32.6 Å². The van der Waals surface area contributed by atoms with Crippen molar-refractivity contribution in [2.75, 3.05) is 26.7 Å². The highest BCUT2D eigenvalue weighted by molar-refractivity contribution is 5.96. The van der Waals surface area contributed by atoms with Crippen molar-refractivity contribution in [3.05, 3.63) is 47.7 Å². The second-order valence-corrected chi connectivity index (χ2v) is 7.10. The number of likely N-dealkylation sites (tertiary alicyclic amines) is 1. The van der Waals surface area contributed by atoms with Crippen LogP contribution in [-0.2, 0) is 4.79 Å². The van der Waals surface area contributed by atoms with Gasteiger partial charge in [0.05, 0.1) is 0 Å². The number of allylic oxidation sites excluding steroid dienone is 4. The first-order valence-corrected chi connectivity index (χ1v) is 8.87. The Morgan fingerprint density at radius 1 is 1.26 bits per heavy atom. The van der Waals surface area contributed by atoms with Crippen molar-refractivity contribution in [1.29, 1.82) is 0 Å². The zero-order valence-corrected chi connectivity index (χ0v) is 14.4. The fourth-order valence-electron chi connectivity index (χ4n) is 3.63. The molecule has 0 N–H and O–H groups in total. The monoisotopic (exact) mass is 312 g/mol. The summed E-state index contributed by atoms with van der Waals surface area (Å²) >= 11 is 0. The summed E-state index contributed by atoms with van der Waals surface area (Å²) in [6.07, 6.45) is 17.3. The quantitative estimate of drug-likeness (QED) is 0.728. The summed E-state index contributed by atoms with van der Waals surface area (Å²) < 4.78 is 0. The van der Waals surface area contributed by atoms with Gasteiger partial charge in [-0.2, -0.15) is 0 Å². The van der Waals surface area contributed by atoms with Gasteiger partial charge in [-0.05, 0) is 43.7 Å². The Morgan fingerprint density at radius 3 is 2.91 bits per heavy atom. The number of hydrogen-bond acceptors (Lipinski definition) is 2. The van der Waals surface area contributed by atoms with E-state index in [1.165, 1.54) is 0 Å². The lowest BCUT2D eigenvalue weighted by Gasteiger charge is -2.22. The Bertz CT molecular complexity index is 570. The van der Waals surface area contributed by atoms with E-state index in [0.717, 1.165) is 50.9 Å². The molecule has 2 atom stereocenters. The van der Waals surface area contributed by atoms with Crippen LogP contribution >= 0.6 is 0 Å². The lowest BCUT2D eigenvalue weighted by molar-refractivity contribution is -0.125. The average molecular weight is 312 g/mol. The SMILES string of the molecule is CC1C=CC(C(=O)N2CCC(/C3=C/C/C=C\N(C)CC3)C2)=CC1. The van der Waals surface area contributed by atoms with Crippen molar-refractivity contribution >= 4 is 5.91 Å². The summed E-state index contributed by atoms with van der Waals surface area (Å²) in [5.41, 5.74) is 2.43. The third kappa shape index (κ3) is 3.95. The van der Waals surface area contributed by atoms with Gasteiger partial charge >= 0.3 is 0 Å². The van der Waals surface area contributed by atoms with Gasteiger partial charge < -0.3 is 9.80 Å². The van der Waals surface area contributed by atoms with Crippen LogP contribution in [0.3, 0.4) is 0 Å². The molecule has 2 heterocycles. The van der Waals surface area contributed by atoms with Crippen molar-refractivity contribution < 1.29 is 4.79 Å². The third-order valence-electron chi connectivity index (χ3n) is 5.19. The molecule has 1 amide bonds. The Kier molecular flexibility index (Phi) is 5.04. The Labute approximate surface area is 140 Å². The summed E-state index contributed by atoms with van der Waals surface area (Å²) in [6.45, 7) is 5.04. The molecule has 1 aliphatic carbocycles. The number of amides is 1. The fourth-order valence-corrected chi connectivity index (χ4v) is 3.63. The summed E-state index contributed by atoms with van der Waals surface area (Å²) in [6, 6.07) is 0. The minimum atomic E-state index is 0.221. The molecule has 0 bridgehead atoms. The maximum Gasteiger partial charge on any atom is 0.253 e. The molecule has 0 aromatic carbocycles. The number of nitrogens with zero attached hydrogens (tertiary/aromatic N) is 2. The van der Waals surface area contributed by atoms with Gasteiger partial charge in [-0.3, -0.25) is 4.79 Å². The van der Waals surface area contributed by atoms with Crippen LogP contribution in [0, 0.1) is 11.8 Å². The fraction of sp³-hybridized carbons (Fsp3) is 0.550. The highest BCUT2D eigenvalue weighted by Gasteiger charge is 2.29. The van der Waals surface area contributed by atoms with Crippen LogP contribution in [0.1, 0.15) is 32.6 Å². The molecule has 2 unspecified atom stereocenters. The van der Waals surface area contributed by atoms with E-state index in [-0.39, 0.29) is 5.91 Å². The van der Waals surface area contributed by atoms with E-state index < -0.39 is 0 Å². The maximum absolute atomic E-state index is 12.7. The van der Waals surface area contributed by atoms with E-state index >= 15 is 0 Å². The minimum absolute atomic E-state index is 0.221. The van der Waals surface area contributed by atoms with Crippen molar-refractivity contribution in [3.8, 4) is 0 Å². The average Bonchev–Trinajstić information content (AvgIpc) is 3.01. The van der Waals surface area contributed by atoms with E-state index in [9.17, 15) is 4.79 Å². The Balaban J connectivity index is 1.61. The van der Waals surface area contributed by atoms with Crippen LogP contribution < -0.4 is 0 Å². The number of hydrogen-bond donors (Lipinski definition) is 0. The molecule has 3 nitrogen and oxygen atoms in total. The molecular weight excluding hydrogens is 284 g/mol. The molecule has 0 spiro atoms. The van der Waals surface area contributed by atoms with Crippen molar-refractivity contribution in [3.63, 3.8) is 0 Å². The predicted molar refractivity (Wildman–Crippen MR) is 94.8 cm³/mol. The summed E-state index contributed by atoms with van der Waals surface area (Å²) in [4.78, 5) is 17.0. The Hall–Kier alpha value is -1.77. The molecule has 2 aliphatic heterocycles. The van der Waals surface area contributed by atoms with E-state index in [1.54, 1.807) is 5.57 Å². The van der Waals surface area contributed by atoms with Crippen molar-refractivity contribution in [1.82, 2.24) is 9.80 Å². The first kappa shape index (κ1) is 16.1. The lowest BCUT2D eigenvalue weighted by atomic mass is 9.93. The van der Waals surface area contributed by atoms with Gasteiger partial charge in [0.15, 0.2) is 0 Å². The second kappa shape index (κ2) is 7.20. The number of carbonyl (C=O) groups is 1. The minimum Gasteiger partial charge on any atom is -0.380 e. The zero-order valence-electron chi connectivity index (χ0n) is 14.4. The van der Waals surface area contributed by atoms with Crippen LogP contribution in [0.2, 0.25) is 0 Å². The van der Waals surface area contributed by atoms with Crippen LogP contribution in [-0.4, -0.2) is 42.4 Å². The van der Waals surface area contributed by atoms with Gasteiger partial charge in [0, 0.05) is 32.3 Å². The van der Waals surface area contributed by atoms with Gasteiger partial charge in [0.1, 0.15) is 0 Å². The molecule has 3 aliphatic rings. The highest BCUT2D eigenvalue weighted by Crippen LogP contribution is 2.29. The lowest BCUT2D eigenvalue weighted by Crippen LogP contribution is -2.30. The topological polar surface area (TPSA) is 23.6 Å². The molecule has 0 aromatic rings. The van der Waals surface area contributed by atoms with Gasteiger partial charge in [-0.15, -0.1) is 0 Å². The van der Waals surface area contributed by atoms with E-state index in [4.69, 9.17) is 0 Å². The van der Waals surface area contributed by atoms with E-state index in [0.29, 0.717) is 11.8 Å². The first-order chi connectivity index (χ1) is 11.1. The van der Waals surface area contributed by atoms with Crippen molar-refractivity contribution in [2.24, 2.45) is 11.8 Å². The van der Waals surface area contributed by atoms with E-state index in [1.807, 2.05) is 6.08 Å². The van der Waals surface area contributed by atoms with Crippen LogP contribution in [0.15, 0.2) is 47.7 Å². The standard InChI is InChI=1S/C20H28N2O/c1-16-6-8-18(9-7-16)20(23)22-14-11-19(15-22)17-5-3-4-12-21(2)13-10-17/h4-6,8-9,12,16,19H,3,7,10-11,13-15H2,1-2H3/b12-4-,17-5+. The summed E-state index contributed by atoms with van der Waals surface area (Å²) in [5.74, 6) is 1.33. The smallest absolute Gasteiger partial charge is 0.253 e. The van der Waals surface area contributed by atoms with Gasteiger partial charge in [-0.1, -0.05) is 42.9 Å². The van der Waals surface area contributed by atoms with Crippen LogP contribution in [0.25, 0.3) is 0 Å². The summed E-state index contributed by atoms with van der Waals surface area (Å²) in [5, 5.41) is 0. The van der Waals surface area contributed by atoms with E-state index in [2.05, 4.69) is 54.3 Å². The molecular formula is C20H28N2O. The summed E-state index contributed by atoms with van der Waals surface area (Å²) in [7, 11) is 2.13. The van der Waals surface area contributed by atoms with Crippen LogP contribution in [0.4, 0.5) is 0 Å². The molecule has 23 heavy (non-hydrogen) atoms. The third-order valence-corrected chi connectivity index (χ3v) is 5.19. The second-order valence-electron chi connectivity index (χ2n) is 7.10. The predicted octanol–water partition coefficient (Wildman–Crippen LogP) is 3.52. The first-order valence-electron chi connectivity index (χ1n) is 8.87. The van der Waals surface area contributed by atoms with Gasteiger partial charge in [0.25, 0.3) is 5.91 Å². The zero-order chi connectivity index (χ0) is 16.2. The molecule has 3 rings (SSSR count). The number of rotatable bonds is 2. The van der Waals surface area contributed by atoms with Gasteiger partial charge in [-0.25, -0.2) is 0 Å². The largest absolute Gasteiger partial charge is 0.380 e. The molecule has 1 saturated heterocycles. The highest BCUT2D eigenvalue weighted by atomic mass is 16.2. The molecule has 0 saturated carbocycles.